The Labute approximate surface area is 132 Å². The molecule has 122 valence electrons. The molecule has 0 N–H and O–H groups in total. The van der Waals surface area contributed by atoms with Crippen molar-refractivity contribution in [2.75, 3.05) is 32.8 Å². The van der Waals surface area contributed by atoms with E-state index in [9.17, 15) is 8.42 Å². The summed E-state index contributed by atoms with van der Waals surface area (Å²) in [5.41, 5.74) is 1.13. The maximum Gasteiger partial charge on any atom is 0.217 e. The average molecular weight is 325 g/mol. The standard InChI is InChI=1S/C15H23N3O3S/c1-2-21-15-6-3-13(11-16-15)12-17-7-9-18(10-8-17)22(19,20)14-4-5-14/h3,6,11,14H,2,4-5,7-10,12H2,1H3. The molecule has 0 spiro atoms. The number of aromatic nitrogens is 1. The number of piperazine rings is 1. The van der Waals surface area contributed by atoms with Crippen molar-refractivity contribution < 1.29 is 13.2 Å². The Morgan fingerprint density at radius 1 is 1.23 bits per heavy atom. The second-order valence-corrected chi connectivity index (χ2v) is 8.07. The largest absolute Gasteiger partial charge is 0.478 e. The van der Waals surface area contributed by atoms with Crippen molar-refractivity contribution in [3.05, 3.63) is 23.9 Å². The molecule has 3 rings (SSSR count). The Morgan fingerprint density at radius 3 is 2.50 bits per heavy atom. The van der Waals surface area contributed by atoms with E-state index in [0.29, 0.717) is 25.6 Å². The van der Waals surface area contributed by atoms with E-state index in [1.54, 1.807) is 4.31 Å². The van der Waals surface area contributed by atoms with Crippen LogP contribution < -0.4 is 4.74 Å². The van der Waals surface area contributed by atoms with Crippen LogP contribution in [0.15, 0.2) is 18.3 Å². The summed E-state index contributed by atoms with van der Waals surface area (Å²) >= 11 is 0. The third-order valence-corrected chi connectivity index (χ3v) is 6.53. The fourth-order valence-corrected chi connectivity index (χ4v) is 4.54. The van der Waals surface area contributed by atoms with Crippen molar-refractivity contribution in [3.63, 3.8) is 0 Å². The van der Waals surface area contributed by atoms with Crippen LogP contribution in [0.4, 0.5) is 0 Å². The van der Waals surface area contributed by atoms with Gasteiger partial charge >= 0.3 is 0 Å². The molecule has 7 heteroatoms. The highest BCUT2D eigenvalue weighted by Crippen LogP contribution is 2.31. The van der Waals surface area contributed by atoms with Crippen LogP contribution in [0, 0.1) is 0 Å². The van der Waals surface area contributed by atoms with E-state index in [1.165, 1.54) is 0 Å². The van der Waals surface area contributed by atoms with E-state index in [0.717, 1.165) is 38.0 Å². The number of hydrogen-bond donors (Lipinski definition) is 0. The zero-order chi connectivity index (χ0) is 15.6. The summed E-state index contributed by atoms with van der Waals surface area (Å²) in [4.78, 5) is 6.54. The lowest BCUT2D eigenvalue weighted by Gasteiger charge is -2.34. The predicted molar refractivity (Wildman–Crippen MR) is 84.2 cm³/mol. The van der Waals surface area contributed by atoms with Crippen LogP contribution in [0.3, 0.4) is 0 Å². The zero-order valence-electron chi connectivity index (χ0n) is 12.9. The SMILES string of the molecule is CCOc1ccc(CN2CCN(S(=O)(=O)C3CC3)CC2)cn1. The van der Waals surface area contributed by atoms with Gasteiger partial charge in [0.1, 0.15) is 0 Å². The number of nitrogens with zero attached hydrogens (tertiary/aromatic N) is 3. The van der Waals surface area contributed by atoms with E-state index < -0.39 is 10.0 Å². The highest BCUT2D eigenvalue weighted by Gasteiger charge is 2.40. The molecule has 6 nitrogen and oxygen atoms in total. The minimum atomic E-state index is -3.02. The second kappa shape index (κ2) is 6.52. The van der Waals surface area contributed by atoms with Gasteiger partial charge in [-0.2, -0.15) is 4.31 Å². The molecule has 0 radical (unpaired) electrons. The number of pyridine rings is 1. The average Bonchev–Trinajstić information content (AvgIpc) is 3.35. The molecule has 0 unspecified atom stereocenters. The molecule has 0 atom stereocenters. The molecular weight excluding hydrogens is 302 g/mol. The summed E-state index contributed by atoms with van der Waals surface area (Å²) in [7, 11) is -3.02. The highest BCUT2D eigenvalue weighted by atomic mass is 32.2. The number of hydrogen-bond acceptors (Lipinski definition) is 5. The minimum Gasteiger partial charge on any atom is -0.478 e. The van der Waals surface area contributed by atoms with Gasteiger partial charge in [-0.3, -0.25) is 4.90 Å². The summed E-state index contributed by atoms with van der Waals surface area (Å²) in [6.45, 7) is 6.11. The first kappa shape index (κ1) is 15.7. The van der Waals surface area contributed by atoms with Crippen molar-refractivity contribution in [2.24, 2.45) is 0 Å². The molecule has 0 bridgehead atoms. The normalized spacial score (nSPS) is 21.0. The molecule has 1 aliphatic heterocycles. The summed E-state index contributed by atoms with van der Waals surface area (Å²) in [5, 5.41) is -0.102. The summed E-state index contributed by atoms with van der Waals surface area (Å²) < 4.78 is 31.4. The Hall–Kier alpha value is -1.18. The van der Waals surface area contributed by atoms with Crippen molar-refractivity contribution in [3.8, 4) is 5.88 Å². The molecule has 1 aliphatic carbocycles. The van der Waals surface area contributed by atoms with Gasteiger partial charge < -0.3 is 4.74 Å². The van der Waals surface area contributed by atoms with E-state index in [1.807, 2.05) is 25.3 Å². The van der Waals surface area contributed by atoms with Crippen LogP contribution in [-0.2, 0) is 16.6 Å². The lowest BCUT2D eigenvalue weighted by Crippen LogP contribution is -2.49. The second-order valence-electron chi connectivity index (χ2n) is 5.86. The van der Waals surface area contributed by atoms with Crippen molar-refractivity contribution >= 4 is 10.0 Å². The Kier molecular flexibility index (Phi) is 4.65. The molecule has 0 aromatic carbocycles. The van der Waals surface area contributed by atoms with E-state index in [4.69, 9.17) is 4.74 Å². The summed E-state index contributed by atoms with van der Waals surface area (Å²) in [6, 6.07) is 3.90. The lowest BCUT2D eigenvalue weighted by atomic mass is 10.2. The molecule has 22 heavy (non-hydrogen) atoms. The molecule has 1 aromatic rings. The smallest absolute Gasteiger partial charge is 0.217 e. The maximum atomic E-state index is 12.2. The van der Waals surface area contributed by atoms with Gasteiger partial charge in [-0.05, 0) is 25.3 Å². The van der Waals surface area contributed by atoms with Gasteiger partial charge in [0, 0.05) is 45.0 Å². The maximum absolute atomic E-state index is 12.2. The van der Waals surface area contributed by atoms with Crippen LogP contribution >= 0.6 is 0 Å². The number of rotatable bonds is 6. The Morgan fingerprint density at radius 2 is 1.95 bits per heavy atom. The third kappa shape index (κ3) is 3.59. The first-order valence-electron chi connectivity index (χ1n) is 7.88. The topological polar surface area (TPSA) is 62.7 Å². The molecule has 2 aliphatic rings. The van der Waals surface area contributed by atoms with Crippen LogP contribution in [0.2, 0.25) is 0 Å². The highest BCUT2D eigenvalue weighted by molar-refractivity contribution is 7.90. The minimum absolute atomic E-state index is 0.102. The molecule has 1 saturated heterocycles. The Bertz CT molecular complexity index is 591. The van der Waals surface area contributed by atoms with Crippen molar-refractivity contribution in [1.82, 2.24) is 14.2 Å². The number of sulfonamides is 1. The molecule has 2 fully saturated rings. The predicted octanol–water partition coefficient (Wildman–Crippen LogP) is 1.09. The fourth-order valence-electron chi connectivity index (χ4n) is 2.71. The zero-order valence-corrected chi connectivity index (χ0v) is 13.8. The van der Waals surface area contributed by atoms with E-state index >= 15 is 0 Å². The summed E-state index contributed by atoms with van der Waals surface area (Å²) in [6.07, 6.45) is 3.50. The van der Waals surface area contributed by atoms with Gasteiger partial charge in [0.15, 0.2) is 0 Å². The monoisotopic (exact) mass is 325 g/mol. The van der Waals surface area contributed by atoms with Crippen molar-refractivity contribution in [1.29, 1.82) is 0 Å². The van der Waals surface area contributed by atoms with E-state index in [2.05, 4.69) is 9.88 Å². The Balaban J connectivity index is 1.51. The van der Waals surface area contributed by atoms with Gasteiger partial charge in [-0.1, -0.05) is 6.07 Å². The first-order chi connectivity index (χ1) is 10.6. The molecule has 2 heterocycles. The van der Waals surface area contributed by atoms with Crippen LogP contribution in [0.5, 0.6) is 5.88 Å². The lowest BCUT2D eigenvalue weighted by molar-refractivity contribution is 0.181. The van der Waals surface area contributed by atoms with Crippen molar-refractivity contribution in [2.45, 2.75) is 31.6 Å². The van der Waals surface area contributed by atoms with E-state index in [-0.39, 0.29) is 5.25 Å². The fraction of sp³-hybridized carbons (Fsp3) is 0.667. The van der Waals surface area contributed by atoms with Crippen LogP contribution in [0.25, 0.3) is 0 Å². The third-order valence-electron chi connectivity index (χ3n) is 4.13. The van der Waals surface area contributed by atoms with Gasteiger partial charge in [0.2, 0.25) is 15.9 Å². The van der Waals surface area contributed by atoms with Gasteiger partial charge in [0.25, 0.3) is 0 Å². The molecular formula is C15H23N3O3S. The summed E-state index contributed by atoms with van der Waals surface area (Å²) in [5.74, 6) is 0.645. The van der Waals surface area contributed by atoms with Gasteiger partial charge in [0.05, 0.1) is 11.9 Å². The van der Waals surface area contributed by atoms with Gasteiger partial charge in [-0.15, -0.1) is 0 Å². The van der Waals surface area contributed by atoms with Gasteiger partial charge in [-0.25, -0.2) is 13.4 Å². The molecule has 1 saturated carbocycles. The van der Waals surface area contributed by atoms with Crippen LogP contribution in [0.1, 0.15) is 25.3 Å². The number of ether oxygens (including phenoxy) is 1. The molecule has 0 amide bonds. The quantitative estimate of drug-likeness (QED) is 0.783. The first-order valence-corrected chi connectivity index (χ1v) is 9.39. The van der Waals surface area contributed by atoms with Crippen LogP contribution in [-0.4, -0.2) is 60.6 Å². The molecule has 1 aromatic heterocycles.